The number of hydrogen-bond acceptors (Lipinski definition) is 4. The normalized spacial score (nSPS) is 17.3. The fourth-order valence-corrected chi connectivity index (χ4v) is 2.85. The molecule has 0 spiro atoms. The summed E-state index contributed by atoms with van der Waals surface area (Å²) in [5.41, 5.74) is 0.757. The second-order valence-electron chi connectivity index (χ2n) is 6.01. The molecule has 0 bridgehead atoms. The van der Waals surface area contributed by atoms with Crippen molar-refractivity contribution in [1.82, 2.24) is 4.90 Å². The summed E-state index contributed by atoms with van der Waals surface area (Å²) in [5.74, 6) is 0. The van der Waals surface area contributed by atoms with E-state index in [0.717, 1.165) is 26.2 Å². The monoisotopic (exact) mass is 297 g/mol. The van der Waals surface area contributed by atoms with Crippen LogP contribution in [-0.2, 0) is 0 Å². The number of hydrogen-bond donors (Lipinski definition) is 0. The van der Waals surface area contributed by atoms with E-state index in [4.69, 9.17) is 11.6 Å². The van der Waals surface area contributed by atoms with E-state index in [-0.39, 0.29) is 16.1 Å². The number of para-hydroxylation sites is 1. The molecule has 1 aliphatic rings. The molecule has 0 saturated carbocycles. The fourth-order valence-electron chi connectivity index (χ4n) is 2.57. The van der Waals surface area contributed by atoms with Crippen molar-refractivity contribution < 1.29 is 4.92 Å². The number of halogens is 1. The van der Waals surface area contributed by atoms with Gasteiger partial charge in [0.2, 0.25) is 0 Å². The first-order valence-electron chi connectivity index (χ1n) is 6.73. The summed E-state index contributed by atoms with van der Waals surface area (Å²) in [4.78, 5) is 15.2. The summed E-state index contributed by atoms with van der Waals surface area (Å²) >= 11 is 6.17. The maximum atomic E-state index is 11.2. The van der Waals surface area contributed by atoms with Gasteiger partial charge in [-0.05, 0) is 26.8 Å². The molecule has 1 aromatic rings. The molecule has 6 heteroatoms. The predicted molar refractivity (Wildman–Crippen MR) is 81.6 cm³/mol. The maximum Gasteiger partial charge on any atom is 0.294 e. The summed E-state index contributed by atoms with van der Waals surface area (Å²) in [6.07, 6.45) is 0. The average Bonchev–Trinajstić information content (AvgIpc) is 2.37. The molecule has 1 saturated heterocycles. The second-order valence-corrected chi connectivity index (χ2v) is 6.42. The lowest BCUT2D eigenvalue weighted by molar-refractivity contribution is -0.384. The molecule has 1 fully saturated rings. The third-order valence-corrected chi connectivity index (χ3v) is 4.01. The molecule has 0 unspecified atom stereocenters. The van der Waals surface area contributed by atoms with Crippen LogP contribution in [0.1, 0.15) is 20.8 Å². The van der Waals surface area contributed by atoms with Gasteiger partial charge in [-0.1, -0.05) is 17.7 Å². The predicted octanol–water partition coefficient (Wildman–Crippen LogP) is 3.17. The van der Waals surface area contributed by atoms with Gasteiger partial charge in [0.15, 0.2) is 0 Å². The first kappa shape index (κ1) is 15.1. The van der Waals surface area contributed by atoms with Gasteiger partial charge in [0, 0.05) is 37.8 Å². The minimum Gasteiger partial charge on any atom is -0.362 e. The van der Waals surface area contributed by atoms with Crippen molar-refractivity contribution >= 4 is 23.0 Å². The molecule has 1 aliphatic heterocycles. The van der Waals surface area contributed by atoms with Crippen molar-refractivity contribution in [2.75, 3.05) is 31.1 Å². The summed E-state index contributed by atoms with van der Waals surface area (Å²) in [6, 6.07) is 4.84. The van der Waals surface area contributed by atoms with Crippen LogP contribution in [-0.4, -0.2) is 41.5 Å². The van der Waals surface area contributed by atoms with Gasteiger partial charge in [-0.3, -0.25) is 15.0 Å². The molecule has 1 aromatic carbocycles. The number of piperazine rings is 1. The van der Waals surface area contributed by atoms with Gasteiger partial charge in [0.1, 0.15) is 5.69 Å². The number of anilines is 1. The zero-order chi connectivity index (χ0) is 14.9. The Labute approximate surface area is 124 Å². The summed E-state index contributed by atoms with van der Waals surface area (Å²) < 4.78 is 0. The number of benzene rings is 1. The Morgan fingerprint density at radius 1 is 1.20 bits per heavy atom. The van der Waals surface area contributed by atoms with Gasteiger partial charge in [0.25, 0.3) is 5.69 Å². The molecular weight excluding hydrogens is 278 g/mol. The zero-order valence-corrected chi connectivity index (χ0v) is 12.9. The topological polar surface area (TPSA) is 49.6 Å². The Hall–Kier alpha value is -1.33. The number of nitrogens with zero attached hydrogens (tertiary/aromatic N) is 3. The van der Waals surface area contributed by atoms with Gasteiger partial charge < -0.3 is 4.90 Å². The zero-order valence-electron chi connectivity index (χ0n) is 12.1. The Kier molecular flexibility index (Phi) is 4.20. The van der Waals surface area contributed by atoms with E-state index in [1.54, 1.807) is 12.1 Å². The first-order chi connectivity index (χ1) is 9.30. The van der Waals surface area contributed by atoms with Crippen LogP contribution in [0.3, 0.4) is 0 Å². The van der Waals surface area contributed by atoms with Gasteiger partial charge in [-0.25, -0.2) is 0 Å². The summed E-state index contributed by atoms with van der Waals surface area (Å²) in [6.45, 7) is 9.81. The van der Waals surface area contributed by atoms with Crippen molar-refractivity contribution in [3.8, 4) is 0 Å². The van der Waals surface area contributed by atoms with E-state index < -0.39 is 0 Å². The molecule has 0 N–H and O–H groups in total. The van der Waals surface area contributed by atoms with Gasteiger partial charge in [-0.2, -0.15) is 0 Å². The maximum absolute atomic E-state index is 11.2. The van der Waals surface area contributed by atoms with E-state index in [0.29, 0.717) is 10.7 Å². The highest BCUT2D eigenvalue weighted by atomic mass is 35.5. The van der Waals surface area contributed by atoms with Crippen molar-refractivity contribution in [3.05, 3.63) is 33.3 Å². The smallest absolute Gasteiger partial charge is 0.294 e. The summed E-state index contributed by atoms with van der Waals surface area (Å²) in [7, 11) is 0. The van der Waals surface area contributed by atoms with Crippen molar-refractivity contribution in [3.63, 3.8) is 0 Å². The van der Waals surface area contributed by atoms with Crippen molar-refractivity contribution in [1.29, 1.82) is 0 Å². The van der Waals surface area contributed by atoms with Crippen molar-refractivity contribution in [2.24, 2.45) is 0 Å². The van der Waals surface area contributed by atoms with Gasteiger partial charge >= 0.3 is 0 Å². The van der Waals surface area contributed by atoms with Crippen LogP contribution in [0.5, 0.6) is 0 Å². The van der Waals surface area contributed by atoms with E-state index in [1.807, 2.05) is 4.90 Å². The van der Waals surface area contributed by atoms with Gasteiger partial charge in [-0.15, -0.1) is 0 Å². The number of rotatable bonds is 2. The van der Waals surface area contributed by atoms with Crippen LogP contribution >= 0.6 is 11.6 Å². The quantitative estimate of drug-likeness (QED) is 0.621. The fraction of sp³-hybridized carbons (Fsp3) is 0.571. The molecule has 0 radical (unpaired) electrons. The Bertz CT molecular complexity index is 506. The third kappa shape index (κ3) is 3.04. The highest BCUT2D eigenvalue weighted by Crippen LogP contribution is 2.36. The molecule has 5 nitrogen and oxygen atoms in total. The Balaban J connectivity index is 2.21. The molecule has 0 aromatic heterocycles. The van der Waals surface area contributed by atoms with Crippen LogP contribution < -0.4 is 4.90 Å². The minimum absolute atomic E-state index is 0.0849. The number of nitro groups is 1. The lowest BCUT2D eigenvalue weighted by atomic mass is 10.0. The molecule has 1 heterocycles. The first-order valence-corrected chi connectivity index (χ1v) is 7.11. The minimum atomic E-state index is -0.364. The van der Waals surface area contributed by atoms with Crippen LogP contribution in [0.15, 0.2) is 18.2 Å². The highest BCUT2D eigenvalue weighted by molar-refractivity contribution is 6.33. The Morgan fingerprint density at radius 3 is 2.30 bits per heavy atom. The van der Waals surface area contributed by atoms with E-state index in [9.17, 15) is 10.1 Å². The average molecular weight is 298 g/mol. The SMILES string of the molecule is CC(C)(C)N1CCN(c2c(Cl)cccc2[N+](=O)[O-])CC1. The van der Waals surface area contributed by atoms with Crippen LogP contribution in [0, 0.1) is 10.1 Å². The molecular formula is C14H20ClN3O2. The van der Waals surface area contributed by atoms with Crippen LogP contribution in [0.25, 0.3) is 0 Å². The second kappa shape index (κ2) is 5.58. The highest BCUT2D eigenvalue weighted by Gasteiger charge is 2.29. The molecule has 110 valence electrons. The van der Waals surface area contributed by atoms with E-state index in [2.05, 4.69) is 25.7 Å². The third-order valence-electron chi connectivity index (χ3n) is 3.71. The van der Waals surface area contributed by atoms with Gasteiger partial charge in [0.05, 0.1) is 9.95 Å². The van der Waals surface area contributed by atoms with Crippen molar-refractivity contribution in [2.45, 2.75) is 26.3 Å². The summed E-state index contributed by atoms with van der Waals surface area (Å²) in [5, 5.41) is 11.6. The van der Waals surface area contributed by atoms with Crippen LogP contribution in [0.2, 0.25) is 5.02 Å². The van der Waals surface area contributed by atoms with E-state index in [1.165, 1.54) is 6.07 Å². The standard InChI is InChI=1S/C14H20ClN3O2/c1-14(2,3)17-9-7-16(8-10-17)13-11(15)5-4-6-12(13)18(19)20/h4-6H,7-10H2,1-3H3. The lowest BCUT2D eigenvalue weighted by Gasteiger charge is -2.42. The molecule has 0 amide bonds. The lowest BCUT2D eigenvalue weighted by Crippen LogP contribution is -2.53. The molecule has 20 heavy (non-hydrogen) atoms. The van der Waals surface area contributed by atoms with E-state index >= 15 is 0 Å². The molecule has 0 atom stereocenters. The Morgan fingerprint density at radius 2 is 1.80 bits per heavy atom. The molecule has 2 rings (SSSR count). The van der Waals surface area contributed by atoms with Crippen LogP contribution in [0.4, 0.5) is 11.4 Å². The largest absolute Gasteiger partial charge is 0.362 e. The molecule has 0 aliphatic carbocycles. The number of nitro benzene ring substituents is 1.